The molecule has 4 aromatic rings. The maximum atomic E-state index is 13.0. The summed E-state index contributed by atoms with van der Waals surface area (Å²) in [5.41, 5.74) is 5.13. The van der Waals surface area contributed by atoms with Crippen molar-refractivity contribution in [3.8, 4) is 28.0 Å². The Morgan fingerprint density at radius 3 is 2.60 bits per heavy atom. The van der Waals surface area contributed by atoms with Crippen LogP contribution in [-0.2, 0) is 0 Å². The molecule has 2 aromatic heterocycles. The van der Waals surface area contributed by atoms with Gasteiger partial charge in [0.1, 0.15) is 5.75 Å². The van der Waals surface area contributed by atoms with Crippen molar-refractivity contribution >= 4 is 17.2 Å². The van der Waals surface area contributed by atoms with Gasteiger partial charge in [0.25, 0.3) is 5.91 Å². The van der Waals surface area contributed by atoms with Crippen molar-refractivity contribution in [2.24, 2.45) is 0 Å². The molecule has 35 heavy (non-hydrogen) atoms. The number of aromatic nitrogens is 2. The molecule has 182 valence electrons. The van der Waals surface area contributed by atoms with Gasteiger partial charge in [0.05, 0.1) is 19.2 Å². The number of fused-ring (bicyclic) bond motifs is 1. The molecule has 0 bridgehead atoms. The molecule has 0 saturated carbocycles. The Bertz CT molecular complexity index is 1380. The second kappa shape index (κ2) is 9.69. The predicted octanol–water partition coefficient (Wildman–Crippen LogP) is 5.71. The molecule has 2 aromatic carbocycles. The Morgan fingerprint density at radius 1 is 1.14 bits per heavy atom. The van der Waals surface area contributed by atoms with Crippen molar-refractivity contribution in [2.75, 3.05) is 26.0 Å². The molecule has 6 nitrogen and oxygen atoms in total. The molecular weight excluding hydrogens is 457 g/mol. The fraction of sp³-hybridized carbons (Fsp3) is 0.231. The van der Waals surface area contributed by atoms with E-state index in [-0.39, 0.29) is 12.5 Å². The highest BCUT2D eigenvalue weighted by Crippen LogP contribution is 2.43. The van der Waals surface area contributed by atoms with E-state index in [0.29, 0.717) is 28.2 Å². The maximum absolute atomic E-state index is 13.0. The SMILES string of the molecule is CNC(=O)c1ccc(-c2c(-c3ccccc3OC)cn3ccnc3c2NCCC(F)(F)F)cc1C. The number of alkyl halides is 3. The Balaban J connectivity index is 1.99. The van der Waals surface area contributed by atoms with E-state index in [9.17, 15) is 18.0 Å². The number of anilines is 1. The number of aryl methyl sites for hydroxylation is 1. The van der Waals surface area contributed by atoms with Gasteiger partial charge in [-0.15, -0.1) is 0 Å². The van der Waals surface area contributed by atoms with Crippen molar-refractivity contribution in [3.63, 3.8) is 0 Å². The normalized spacial score (nSPS) is 11.5. The smallest absolute Gasteiger partial charge is 0.390 e. The Labute approximate surface area is 200 Å². The molecule has 0 atom stereocenters. The number of carbonyl (C=O) groups excluding carboxylic acids is 1. The van der Waals surface area contributed by atoms with Crippen LogP contribution in [0.3, 0.4) is 0 Å². The number of ether oxygens (including phenoxy) is 1. The zero-order chi connectivity index (χ0) is 25.2. The molecule has 0 fully saturated rings. The number of nitrogens with one attached hydrogen (secondary N) is 2. The Hall–Kier alpha value is -4.01. The predicted molar refractivity (Wildman–Crippen MR) is 130 cm³/mol. The van der Waals surface area contributed by atoms with Gasteiger partial charge < -0.3 is 19.8 Å². The summed E-state index contributed by atoms with van der Waals surface area (Å²) in [6.45, 7) is 1.51. The third-order valence-electron chi connectivity index (χ3n) is 5.77. The van der Waals surface area contributed by atoms with E-state index in [1.54, 1.807) is 43.1 Å². The minimum absolute atomic E-state index is 0.216. The summed E-state index contributed by atoms with van der Waals surface area (Å²) in [5.74, 6) is 0.402. The molecule has 0 radical (unpaired) electrons. The number of amides is 1. The van der Waals surface area contributed by atoms with E-state index in [0.717, 1.165) is 22.3 Å². The number of nitrogens with zero attached hydrogens (tertiary/aromatic N) is 2. The van der Waals surface area contributed by atoms with Gasteiger partial charge in [-0.25, -0.2) is 4.98 Å². The fourth-order valence-corrected chi connectivity index (χ4v) is 4.14. The topological polar surface area (TPSA) is 67.7 Å². The van der Waals surface area contributed by atoms with Crippen molar-refractivity contribution in [1.29, 1.82) is 0 Å². The second-order valence-corrected chi connectivity index (χ2v) is 8.05. The average molecular weight is 483 g/mol. The van der Waals surface area contributed by atoms with Gasteiger partial charge in [-0.05, 0) is 30.2 Å². The number of imidazole rings is 1. The number of benzene rings is 2. The first-order chi connectivity index (χ1) is 16.7. The minimum Gasteiger partial charge on any atom is -0.496 e. The minimum atomic E-state index is -4.30. The molecule has 4 rings (SSSR count). The van der Waals surface area contributed by atoms with E-state index in [2.05, 4.69) is 15.6 Å². The van der Waals surface area contributed by atoms with Crippen LogP contribution >= 0.6 is 0 Å². The van der Waals surface area contributed by atoms with E-state index in [4.69, 9.17) is 4.74 Å². The van der Waals surface area contributed by atoms with Crippen LogP contribution < -0.4 is 15.4 Å². The summed E-state index contributed by atoms with van der Waals surface area (Å²) < 4.78 is 46.3. The fourth-order valence-electron chi connectivity index (χ4n) is 4.14. The van der Waals surface area contributed by atoms with E-state index < -0.39 is 12.6 Å². The van der Waals surface area contributed by atoms with Crippen LogP contribution in [0, 0.1) is 6.92 Å². The van der Waals surface area contributed by atoms with Crippen molar-refractivity contribution in [3.05, 3.63) is 72.2 Å². The van der Waals surface area contributed by atoms with Gasteiger partial charge in [0, 0.05) is 54.4 Å². The third kappa shape index (κ3) is 4.94. The molecule has 2 heterocycles. The average Bonchev–Trinajstić information content (AvgIpc) is 3.31. The van der Waals surface area contributed by atoms with Gasteiger partial charge in [0.2, 0.25) is 0 Å². The molecule has 0 unspecified atom stereocenters. The molecule has 0 saturated heterocycles. The van der Waals surface area contributed by atoms with E-state index >= 15 is 0 Å². The number of rotatable bonds is 7. The molecule has 2 N–H and O–H groups in total. The van der Waals surface area contributed by atoms with Gasteiger partial charge in [-0.2, -0.15) is 13.2 Å². The lowest BCUT2D eigenvalue weighted by molar-refractivity contribution is -0.131. The number of halogens is 3. The molecule has 0 aliphatic heterocycles. The molecular formula is C26H25F3N4O2. The van der Waals surface area contributed by atoms with Crippen molar-refractivity contribution in [2.45, 2.75) is 19.5 Å². The number of pyridine rings is 1. The lowest BCUT2D eigenvalue weighted by Crippen LogP contribution is -2.19. The van der Waals surface area contributed by atoms with Crippen LogP contribution in [0.1, 0.15) is 22.3 Å². The van der Waals surface area contributed by atoms with Gasteiger partial charge in [-0.3, -0.25) is 4.79 Å². The molecule has 1 amide bonds. The van der Waals surface area contributed by atoms with Crippen molar-refractivity contribution in [1.82, 2.24) is 14.7 Å². The summed E-state index contributed by atoms with van der Waals surface area (Å²) in [6.07, 6.45) is -0.0724. The summed E-state index contributed by atoms with van der Waals surface area (Å²) in [7, 11) is 3.13. The van der Waals surface area contributed by atoms with E-state index in [1.165, 1.54) is 0 Å². The van der Waals surface area contributed by atoms with Gasteiger partial charge in [0.15, 0.2) is 5.65 Å². The summed E-state index contributed by atoms with van der Waals surface area (Å²) in [5, 5.41) is 5.61. The zero-order valence-corrected chi connectivity index (χ0v) is 19.5. The first kappa shape index (κ1) is 24.1. The van der Waals surface area contributed by atoms with Gasteiger partial charge >= 0.3 is 6.18 Å². The van der Waals surface area contributed by atoms with E-state index in [1.807, 2.05) is 43.5 Å². The highest BCUT2D eigenvalue weighted by molar-refractivity contribution is 6.00. The van der Waals surface area contributed by atoms with Crippen LogP contribution in [0.2, 0.25) is 0 Å². The molecule has 0 aliphatic rings. The summed E-state index contributed by atoms with van der Waals surface area (Å²) >= 11 is 0. The highest BCUT2D eigenvalue weighted by Gasteiger charge is 2.27. The number of methoxy groups -OCH3 is 1. The van der Waals surface area contributed by atoms with Crippen LogP contribution in [0.4, 0.5) is 18.9 Å². The maximum Gasteiger partial charge on any atom is 0.390 e. The third-order valence-corrected chi connectivity index (χ3v) is 5.77. The number of carbonyl (C=O) groups is 1. The van der Waals surface area contributed by atoms with Crippen LogP contribution in [0.5, 0.6) is 5.75 Å². The first-order valence-corrected chi connectivity index (χ1v) is 11.0. The molecule has 0 aliphatic carbocycles. The number of hydrogen-bond acceptors (Lipinski definition) is 4. The number of hydrogen-bond donors (Lipinski definition) is 2. The Morgan fingerprint density at radius 2 is 1.91 bits per heavy atom. The van der Waals surface area contributed by atoms with Gasteiger partial charge in [-0.1, -0.05) is 30.3 Å². The lowest BCUT2D eigenvalue weighted by atomic mass is 9.92. The van der Waals surface area contributed by atoms with Crippen molar-refractivity contribution < 1.29 is 22.7 Å². The molecule has 0 spiro atoms. The second-order valence-electron chi connectivity index (χ2n) is 8.05. The van der Waals surface area contributed by atoms with Crippen LogP contribution in [0.25, 0.3) is 27.9 Å². The first-order valence-electron chi connectivity index (χ1n) is 11.0. The lowest BCUT2D eigenvalue weighted by Gasteiger charge is -2.21. The summed E-state index contributed by atoms with van der Waals surface area (Å²) in [6, 6.07) is 12.8. The number of para-hydroxylation sites is 1. The highest BCUT2D eigenvalue weighted by atomic mass is 19.4. The van der Waals surface area contributed by atoms with Crippen LogP contribution in [-0.4, -0.2) is 42.2 Å². The summed E-state index contributed by atoms with van der Waals surface area (Å²) in [4.78, 5) is 16.6. The molecule has 9 heteroatoms. The van der Waals surface area contributed by atoms with Crippen LogP contribution in [0.15, 0.2) is 61.1 Å². The quantitative estimate of drug-likeness (QED) is 0.354. The monoisotopic (exact) mass is 482 g/mol. The zero-order valence-electron chi connectivity index (χ0n) is 19.5. The largest absolute Gasteiger partial charge is 0.496 e. The standard InChI is InChI=1S/C26H25F3N4O2/c1-16-14-17(8-9-18(16)25(34)30-2)22-20(19-6-4-5-7-21(19)35-3)15-33-13-12-32-24(33)23(22)31-11-10-26(27,28)29/h4-9,12-15,31H,10-11H2,1-3H3,(H,30,34). The Kier molecular flexibility index (Phi) is 6.68.